The van der Waals surface area contributed by atoms with E-state index >= 15 is 0 Å². The maximum absolute atomic E-state index is 10.8. The van der Waals surface area contributed by atoms with Crippen molar-refractivity contribution < 1.29 is 13.9 Å². The Morgan fingerprint density at radius 1 is 1.44 bits per heavy atom. The highest BCUT2D eigenvalue weighted by atomic mass is 16.5. The first-order valence-corrected chi connectivity index (χ1v) is 4.48. The molecule has 1 aromatic heterocycles. The minimum atomic E-state index is -0.748. The van der Waals surface area contributed by atoms with Crippen LogP contribution in [-0.4, -0.2) is 23.2 Å². The number of rotatable bonds is 3. The molecule has 1 amide bonds. The molecule has 16 heavy (non-hydrogen) atoms. The molecule has 1 aromatic carbocycles. The number of hydrogen-bond donors (Lipinski definition) is 1. The zero-order chi connectivity index (χ0) is 11.5. The van der Waals surface area contributed by atoms with Gasteiger partial charge in [-0.15, -0.1) is 10.2 Å². The summed E-state index contributed by atoms with van der Waals surface area (Å²) in [5, 5.41) is 7.23. The molecular weight excluding hydrogens is 210 g/mol. The number of nitrogens with two attached hydrogens (primary N) is 1. The first-order valence-electron chi connectivity index (χ1n) is 4.48. The molecule has 0 saturated heterocycles. The third-order valence-electron chi connectivity index (χ3n) is 1.95. The Morgan fingerprint density at radius 2 is 2.25 bits per heavy atom. The van der Waals surface area contributed by atoms with Gasteiger partial charge in [-0.1, -0.05) is 6.07 Å². The molecule has 2 aromatic rings. The lowest BCUT2D eigenvalue weighted by Crippen LogP contribution is -2.10. The molecule has 0 fully saturated rings. The van der Waals surface area contributed by atoms with E-state index in [1.807, 2.05) is 0 Å². The van der Waals surface area contributed by atoms with Crippen molar-refractivity contribution in [1.82, 2.24) is 10.2 Å². The van der Waals surface area contributed by atoms with E-state index in [0.717, 1.165) is 0 Å². The molecule has 0 saturated carbocycles. The minimum Gasteiger partial charge on any atom is -0.497 e. The van der Waals surface area contributed by atoms with Crippen LogP contribution in [0.5, 0.6) is 5.75 Å². The monoisotopic (exact) mass is 219 g/mol. The van der Waals surface area contributed by atoms with Crippen LogP contribution in [0, 0.1) is 0 Å². The van der Waals surface area contributed by atoms with E-state index in [2.05, 4.69) is 10.2 Å². The van der Waals surface area contributed by atoms with E-state index in [1.165, 1.54) is 0 Å². The molecule has 0 aliphatic rings. The first kappa shape index (κ1) is 10.2. The molecule has 0 unspecified atom stereocenters. The van der Waals surface area contributed by atoms with Gasteiger partial charge >= 0.3 is 11.8 Å². The quantitative estimate of drug-likeness (QED) is 0.825. The van der Waals surface area contributed by atoms with Crippen LogP contribution in [-0.2, 0) is 0 Å². The predicted molar refractivity (Wildman–Crippen MR) is 54.8 cm³/mol. The summed E-state index contributed by atoms with van der Waals surface area (Å²) >= 11 is 0. The van der Waals surface area contributed by atoms with Gasteiger partial charge in [0.1, 0.15) is 5.75 Å². The molecule has 0 bridgehead atoms. The second-order valence-electron chi connectivity index (χ2n) is 3.01. The number of methoxy groups -OCH3 is 1. The van der Waals surface area contributed by atoms with Gasteiger partial charge in [-0.3, -0.25) is 4.79 Å². The molecule has 82 valence electrons. The molecule has 0 radical (unpaired) electrons. The molecule has 0 atom stereocenters. The fraction of sp³-hybridized carbons (Fsp3) is 0.100. The zero-order valence-corrected chi connectivity index (χ0v) is 8.51. The molecular formula is C10H9N3O3. The Bertz CT molecular complexity index is 522. The van der Waals surface area contributed by atoms with E-state index in [0.29, 0.717) is 11.3 Å². The van der Waals surface area contributed by atoms with Gasteiger partial charge in [0.2, 0.25) is 5.89 Å². The van der Waals surface area contributed by atoms with Crippen molar-refractivity contribution in [3.05, 3.63) is 30.2 Å². The van der Waals surface area contributed by atoms with Crippen LogP contribution in [0.2, 0.25) is 0 Å². The number of carbonyl (C=O) groups excluding carboxylic acids is 1. The van der Waals surface area contributed by atoms with Crippen molar-refractivity contribution in [2.45, 2.75) is 0 Å². The van der Waals surface area contributed by atoms with Crippen LogP contribution in [0.15, 0.2) is 28.7 Å². The second kappa shape index (κ2) is 4.01. The van der Waals surface area contributed by atoms with E-state index in [9.17, 15) is 4.79 Å². The molecule has 0 aliphatic heterocycles. The molecule has 2 rings (SSSR count). The average molecular weight is 219 g/mol. The summed E-state index contributed by atoms with van der Waals surface area (Å²) in [6, 6.07) is 7.05. The Hall–Kier alpha value is -2.37. The van der Waals surface area contributed by atoms with Gasteiger partial charge < -0.3 is 14.9 Å². The average Bonchev–Trinajstić information content (AvgIpc) is 2.78. The van der Waals surface area contributed by atoms with Gasteiger partial charge in [0.15, 0.2) is 0 Å². The first-order chi connectivity index (χ1) is 7.70. The standard InChI is InChI=1S/C10H9N3O3/c1-15-7-4-2-3-6(5-7)9-12-13-10(16-9)8(11)14/h2-5H,1H3,(H2,11,14). The van der Waals surface area contributed by atoms with Crippen LogP contribution in [0.3, 0.4) is 0 Å². The smallest absolute Gasteiger partial charge is 0.306 e. The largest absolute Gasteiger partial charge is 0.497 e. The lowest BCUT2D eigenvalue weighted by atomic mass is 10.2. The predicted octanol–water partition coefficient (Wildman–Crippen LogP) is 0.844. The molecule has 1 heterocycles. The fourth-order valence-electron chi connectivity index (χ4n) is 1.20. The van der Waals surface area contributed by atoms with Gasteiger partial charge in [-0.2, -0.15) is 0 Å². The van der Waals surface area contributed by atoms with Crippen molar-refractivity contribution in [3.63, 3.8) is 0 Å². The topological polar surface area (TPSA) is 91.2 Å². The number of hydrogen-bond acceptors (Lipinski definition) is 5. The number of amides is 1. The third-order valence-corrected chi connectivity index (χ3v) is 1.95. The van der Waals surface area contributed by atoms with E-state index in [-0.39, 0.29) is 11.8 Å². The Kier molecular flexibility index (Phi) is 2.55. The van der Waals surface area contributed by atoms with E-state index in [1.54, 1.807) is 31.4 Å². The van der Waals surface area contributed by atoms with Crippen LogP contribution in [0.4, 0.5) is 0 Å². The fourth-order valence-corrected chi connectivity index (χ4v) is 1.20. The van der Waals surface area contributed by atoms with E-state index < -0.39 is 5.91 Å². The second-order valence-corrected chi connectivity index (χ2v) is 3.01. The maximum Gasteiger partial charge on any atom is 0.306 e. The highest BCUT2D eigenvalue weighted by molar-refractivity contribution is 5.88. The van der Waals surface area contributed by atoms with Crippen molar-refractivity contribution in [3.8, 4) is 17.2 Å². The summed E-state index contributed by atoms with van der Waals surface area (Å²) < 4.78 is 10.1. The summed E-state index contributed by atoms with van der Waals surface area (Å²) in [7, 11) is 1.56. The summed E-state index contributed by atoms with van der Waals surface area (Å²) in [5.41, 5.74) is 5.67. The summed E-state index contributed by atoms with van der Waals surface area (Å²) in [4.78, 5) is 10.8. The van der Waals surface area contributed by atoms with Gasteiger partial charge in [0.25, 0.3) is 0 Å². The summed E-state index contributed by atoms with van der Waals surface area (Å²) in [5.74, 6) is -0.0662. The Labute approximate surface area is 91.0 Å². The Morgan fingerprint density at radius 3 is 2.88 bits per heavy atom. The molecule has 0 spiro atoms. The molecule has 0 aliphatic carbocycles. The highest BCUT2D eigenvalue weighted by Crippen LogP contribution is 2.22. The van der Waals surface area contributed by atoms with Crippen molar-refractivity contribution in [2.24, 2.45) is 5.73 Å². The van der Waals surface area contributed by atoms with Crippen LogP contribution in [0.25, 0.3) is 11.5 Å². The number of carbonyl (C=O) groups is 1. The number of ether oxygens (including phenoxy) is 1. The number of nitrogens with zero attached hydrogens (tertiary/aromatic N) is 2. The maximum atomic E-state index is 10.8. The van der Waals surface area contributed by atoms with Crippen LogP contribution in [0.1, 0.15) is 10.7 Å². The highest BCUT2D eigenvalue weighted by Gasteiger charge is 2.12. The summed E-state index contributed by atoms with van der Waals surface area (Å²) in [6.07, 6.45) is 0. The Balaban J connectivity index is 2.38. The van der Waals surface area contributed by atoms with Crippen molar-refractivity contribution in [1.29, 1.82) is 0 Å². The van der Waals surface area contributed by atoms with Crippen molar-refractivity contribution in [2.75, 3.05) is 7.11 Å². The van der Waals surface area contributed by atoms with Gasteiger partial charge in [-0.25, -0.2) is 0 Å². The number of primary amides is 1. The number of benzene rings is 1. The van der Waals surface area contributed by atoms with Gasteiger partial charge in [0.05, 0.1) is 7.11 Å². The lowest BCUT2D eigenvalue weighted by Gasteiger charge is -1.99. The van der Waals surface area contributed by atoms with Crippen LogP contribution < -0.4 is 10.5 Å². The van der Waals surface area contributed by atoms with Crippen LogP contribution >= 0.6 is 0 Å². The molecule has 6 heteroatoms. The zero-order valence-electron chi connectivity index (χ0n) is 8.51. The van der Waals surface area contributed by atoms with E-state index in [4.69, 9.17) is 14.9 Å². The van der Waals surface area contributed by atoms with Gasteiger partial charge in [0, 0.05) is 5.56 Å². The number of aromatic nitrogens is 2. The third kappa shape index (κ3) is 1.85. The van der Waals surface area contributed by atoms with Crippen molar-refractivity contribution >= 4 is 5.91 Å². The summed E-state index contributed by atoms with van der Waals surface area (Å²) in [6.45, 7) is 0. The molecule has 2 N–H and O–H groups in total. The minimum absolute atomic E-state index is 0.210. The SMILES string of the molecule is COc1cccc(-c2nnc(C(N)=O)o2)c1. The lowest BCUT2D eigenvalue weighted by molar-refractivity contribution is 0.0968. The molecule has 6 nitrogen and oxygen atoms in total. The normalized spacial score (nSPS) is 10.1. The van der Waals surface area contributed by atoms with Gasteiger partial charge in [-0.05, 0) is 18.2 Å².